The van der Waals surface area contributed by atoms with Crippen LogP contribution < -0.4 is 0 Å². The predicted octanol–water partition coefficient (Wildman–Crippen LogP) is 2.56. The second-order valence-corrected chi connectivity index (χ2v) is 2.86. The number of hydrogen-bond donors (Lipinski definition) is 1. The summed E-state index contributed by atoms with van der Waals surface area (Å²) in [6.07, 6.45) is 0.660. The van der Waals surface area contributed by atoms with Crippen molar-refractivity contribution >= 4 is 11.5 Å². The number of carboxylic acid groups (broad SMARTS) is 1. The van der Waals surface area contributed by atoms with Crippen molar-refractivity contribution in [3.05, 3.63) is 42.5 Å². The van der Waals surface area contributed by atoms with Crippen LogP contribution in [0.5, 0.6) is 0 Å². The van der Waals surface area contributed by atoms with E-state index in [1.807, 2.05) is 30.3 Å². The average Bonchev–Trinajstić information content (AvgIpc) is 2.15. The van der Waals surface area contributed by atoms with Crippen LogP contribution >= 0.6 is 0 Å². The lowest BCUT2D eigenvalue weighted by Crippen LogP contribution is -1.94. The fraction of sp³-hybridized carbons (Fsp3) is 0.182. The van der Waals surface area contributed by atoms with E-state index in [1.54, 1.807) is 0 Å². The van der Waals surface area contributed by atoms with Crippen LogP contribution in [-0.4, -0.2) is 11.1 Å². The zero-order valence-corrected chi connectivity index (χ0v) is 7.36. The molecule has 0 atom stereocenters. The first-order valence-corrected chi connectivity index (χ1v) is 4.15. The minimum atomic E-state index is -0.780. The topological polar surface area (TPSA) is 37.3 Å². The van der Waals surface area contributed by atoms with Gasteiger partial charge in [0.25, 0.3) is 0 Å². The van der Waals surface area contributed by atoms with Crippen LogP contribution in [0.1, 0.15) is 18.4 Å². The third kappa shape index (κ3) is 3.11. The summed E-state index contributed by atoms with van der Waals surface area (Å²) in [6.45, 7) is 3.83. The minimum Gasteiger partial charge on any atom is -0.481 e. The van der Waals surface area contributed by atoms with Gasteiger partial charge in [-0.1, -0.05) is 36.9 Å². The molecule has 2 heteroatoms. The maximum Gasteiger partial charge on any atom is 0.303 e. The van der Waals surface area contributed by atoms with Crippen LogP contribution in [0.25, 0.3) is 5.57 Å². The first-order chi connectivity index (χ1) is 6.20. The normalized spacial score (nSPS) is 9.54. The summed E-state index contributed by atoms with van der Waals surface area (Å²) >= 11 is 0. The van der Waals surface area contributed by atoms with Crippen LogP contribution in [0, 0.1) is 0 Å². The highest BCUT2D eigenvalue weighted by atomic mass is 16.4. The van der Waals surface area contributed by atoms with E-state index in [9.17, 15) is 4.79 Å². The van der Waals surface area contributed by atoms with Crippen molar-refractivity contribution in [1.29, 1.82) is 0 Å². The van der Waals surface area contributed by atoms with Gasteiger partial charge in [0.05, 0.1) is 0 Å². The Kier molecular flexibility index (Phi) is 3.26. The fourth-order valence-electron chi connectivity index (χ4n) is 1.08. The molecule has 0 aromatic heterocycles. The summed E-state index contributed by atoms with van der Waals surface area (Å²) in [7, 11) is 0. The number of carboxylic acids is 1. The SMILES string of the molecule is C=C(CCC(=O)O)c1ccccc1. The van der Waals surface area contributed by atoms with Crippen molar-refractivity contribution in [3.8, 4) is 0 Å². The summed E-state index contributed by atoms with van der Waals surface area (Å²) < 4.78 is 0. The molecule has 0 amide bonds. The molecule has 0 unspecified atom stereocenters. The molecule has 0 bridgehead atoms. The summed E-state index contributed by atoms with van der Waals surface area (Å²) in [5.74, 6) is -0.780. The molecule has 0 radical (unpaired) electrons. The maximum absolute atomic E-state index is 10.3. The maximum atomic E-state index is 10.3. The van der Waals surface area contributed by atoms with Crippen molar-refractivity contribution in [2.45, 2.75) is 12.8 Å². The van der Waals surface area contributed by atoms with Crippen LogP contribution in [0.3, 0.4) is 0 Å². The first kappa shape index (κ1) is 9.52. The van der Waals surface area contributed by atoms with E-state index >= 15 is 0 Å². The summed E-state index contributed by atoms with van der Waals surface area (Å²) in [4.78, 5) is 10.3. The third-order valence-electron chi connectivity index (χ3n) is 1.82. The Bertz CT molecular complexity index is 301. The van der Waals surface area contributed by atoms with Gasteiger partial charge in [0.1, 0.15) is 0 Å². The number of allylic oxidation sites excluding steroid dienone is 1. The molecule has 1 rings (SSSR count). The van der Waals surface area contributed by atoms with Gasteiger partial charge in [-0.15, -0.1) is 0 Å². The van der Waals surface area contributed by atoms with Crippen molar-refractivity contribution in [2.75, 3.05) is 0 Å². The Balaban J connectivity index is 2.54. The molecule has 1 aromatic rings. The van der Waals surface area contributed by atoms with Gasteiger partial charge >= 0.3 is 5.97 Å². The van der Waals surface area contributed by atoms with Gasteiger partial charge in [-0.05, 0) is 17.6 Å². The molecular weight excluding hydrogens is 164 g/mol. The van der Waals surface area contributed by atoms with Crippen LogP contribution in [-0.2, 0) is 4.79 Å². The quantitative estimate of drug-likeness (QED) is 0.765. The Morgan fingerprint density at radius 1 is 1.23 bits per heavy atom. The minimum absolute atomic E-state index is 0.147. The van der Waals surface area contributed by atoms with E-state index in [-0.39, 0.29) is 6.42 Å². The van der Waals surface area contributed by atoms with Crippen molar-refractivity contribution in [2.24, 2.45) is 0 Å². The molecular formula is C11H12O2. The van der Waals surface area contributed by atoms with Gasteiger partial charge in [-0.25, -0.2) is 0 Å². The van der Waals surface area contributed by atoms with Crippen molar-refractivity contribution < 1.29 is 9.90 Å². The van der Waals surface area contributed by atoms with Crippen LogP contribution in [0.2, 0.25) is 0 Å². The molecule has 1 aromatic carbocycles. The van der Waals surface area contributed by atoms with Gasteiger partial charge < -0.3 is 5.11 Å². The van der Waals surface area contributed by atoms with E-state index in [1.165, 1.54) is 0 Å². The fourth-order valence-corrected chi connectivity index (χ4v) is 1.08. The molecule has 0 saturated carbocycles. The first-order valence-electron chi connectivity index (χ1n) is 4.15. The lowest BCUT2D eigenvalue weighted by Gasteiger charge is -2.02. The van der Waals surface area contributed by atoms with Crippen molar-refractivity contribution in [1.82, 2.24) is 0 Å². The average molecular weight is 176 g/mol. The zero-order chi connectivity index (χ0) is 9.68. The lowest BCUT2D eigenvalue weighted by atomic mass is 10.0. The van der Waals surface area contributed by atoms with Gasteiger partial charge in [0.2, 0.25) is 0 Å². The van der Waals surface area contributed by atoms with Gasteiger partial charge in [-0.3, -0.25) is 4.79 Å². The van der Waals surface area contributed by atoms with Gasteiger partial charge in [0.15, 0.2) is 0 Å². The molecule has 1 N–H and O–H groups in total. The van der Waals surface area contributed by atoms with Gasteiger partial charge in [-0.2, -0.15) is 0 Å². The standard InChI is InChI=1S/C11H12O2/c1-9(7-8-11(12)13)10-5-3-2-4-6-10/h2-6H,1,7-8H2,(H,12,13). The van der Waals surface area contributed by atoms with E-state index in [2.05, 4.69) is 6.58 Å². The van der Waals surface area contributed by atoms with Gasteiger partial charge in [0, 0.05) is 6.42 Å². The second-order valence-electron chi connectivity index (χ2n) is 2.86. The molecule has 0 saturated heterocycles. The summed E-state index contributed by atoms with van der Waals surface area (Å²) in [5, 5.41) is 8.47. The summed E-state index contributed by atoms with van der Waals surface area (Å²) in [6, 6.07) is 9.63. The molecule has 0 aliphatic rings. The Morgan fingerprint density at radius 2 is 1.85 bits per heavy atom. The van der Waals surface area contributed by atoms with E-state index < -0.39 is 5.97 Å². The third-order valence-corrected chi connectivity index (χ3v) is 1.82. The van der Waals surface area contributed by atoms with E-state index in [0.717, 1.165) is 11.1 Å². The largest absolute Gasteiger partial charge is 0.481 e. The second kappa shape index (κ2) is 4.45. The Morgan fingerprint density at radius 3 is 2.38 bits per heavy atom. The number of hydrogen-bond acceptors (Lipinski definition) is 1. The Hall–Kier alpha value is -1.57. The molecule has 0 aliphatic heterocycles. The van der Waals surface area contributed by atoms with Crippen LogP contribution in [0.15, 0.2) is 36.9 Å². The molecule has 0 heterocycles. The summed E-state index contributed by atoms with van der Waals surface area (Å²) in [5.41, 5.74) is 1.90. The zero-order valence-electron chi connectivity index (χ0n) is 7.36. The highest BCUT2D eigenvalue weighted by Gasteiger charge is 2.01. The molecule has 0 spiro atoms. The van der Waals surface area contributed by atoms with Crippen LogP contribution in [0.4, 0.5) is 0 Å². The van der Waals surface area contributed by atoms with E-state index in [4.69, 9.17) is 5.11 Å². The smallest absolute Gasteiger partial charge is 0.303 e. The molecule has 2 nitrogen and oxygen atoms in total. The molecule has 0 aliphatic carbocycles. The highest BCUT2D eigenvalue weighted by Crippen LogP contribution is 2.16. The molecule has 68 valence electrons. The number of aliphatic carboxylic acids is 1. The lowest BCUT2D eigenvalue weighted by molar-refractivity contribution is -0.136. The molecule has 13 heavy (non-hydrogen) atoms. The predicted molar refractivity (Wildman–Crippen MR) is 52.3 cm³/mol. The Labute approximate surface area is 77.5 Å². The number of benzene rings is 1. The van der Waals surface area contributed by atoms with E-state index in [0.29, 0.717) is 6.42 Å². The number of carbonyl (C=O) groups is 1. The number of rotatable bonds is 4. The monoisotopic (exact) mass is 176 g/mol. The molecule has 0 fully saturated rings. The highest BCUT2D eigenvalue weighted by molar-refractivity contribution is 5.71. The van der Waals surface area contributed by atoms with Crippen molar-refractivity contribution in [3.63, 3.8) is 0 Å².